The minimum absolute atomic E-state index is 0.249. The quantitative estimate of drug-likeness (QED) is 0.831. The van der Waals surface area contributed by atoms with Gasteiger partial charge in [0.1, 0.15) is 17.2 Å². The lowest BCUT2D eigenvalue weighted by molar-refractivity contribution is 0.499. The van der Waals surface area contributed by atoms with Crippen LogP contribution in [0.3, 0.4) is 0 Å². The van der Waals surface area contributed by atoms with Gasteiger partial charge in [0, 0.05) is 0 Å². The van der Waals surface area contributed by atoms with E-state index in [1.165, 1.54) is 12.3 Å². The number of hydrogen-bond acceptors (Lipinski definition) is 3. The van der Waals surface area contributed by atoms with Crippen molar-refractivity contribution in [3.8, 4) is 0 Å². The van der Waals surface area contributed by atoms with Crippen molar-refractivity contribution in [1.29, 1.82) is 0 Å². The highest BCUT2D eigenvalue weighted by atomic mass is 19.1. The number of halogens is 1. The molecular weight excluding hydrogens is 207 g/mol. The fourth-order valence-corrected chi connectivity index (χ4v) is 2.02. The van der Waals surface area contributed by atoms with E-state index >= 15 is 0 Å². The molecule has 0 spiro atoms. The van der Waals surface area contributed by atoms with Gasteiger partial charge >= 0.3 is 0 Å². The molecule has 1 fully saturated rings. The Hall–Kier alpha value is -1.91. The van der Waals surface area contributed by atoms with Crippen molar-refractivity contribution in [2.75, 3.05) is 5.73 Å². The molecule has 2 heterocycles. The Bertz CT molecular complexity index is 513. The van der Waals surface area contributed by atoms with Crippen molar-refractivity contribution >= 4 is 5.82 Å². The molecule has 2 aromatic heterocycles. The zero-order valence-corrected chi connectivity index (χ0v) is 8.60. The highest BCUT2D eigenvalue weighted by molar-refractivity contribution is 5.35. The molecule has 0 saturated heterocycles. The topological polar surface area (TPSA) is 56.7 Å². The van der Waals surface area contributed by atoms with Crippen LogP contribution in [0.1, 0.15) is 18.5 Å². The van der Waals surface area contributed by atoms with Crippen LogP contribution in [0.25, 0.3) is 0 Å². The van der Waals surface area contributed by atoms with Crippen molar-refractivity contribution in [1.82, 2.24) is 14.8 Å². The first kappa shape index (κ1) is 9.33. The lowest BCUT2D eigenvalue weighted by Gasteiger charge is -2.16. The number of aromatic nitrogens is 3. The van der Waals surface area contributed by atoms with E-state index in [0.29, 0.717) is 5.82 Å². The highest BCUT2D eigenvalue weighted by Crippen LogP contribution is 2.49. The average molecular weight is 218 g/mol. The third-order valence-corrected chi connectivity index (χ3v) is 3.01. The smallest absolute Gasteiger partial charge is 0.141 e. The van der Waals surface area contributed by atoms with Crippen LogP contribution in [0.5, 0.6) is 0 Å². The van der Waals surface area contributed by atoms with E-state index in [0.717, 1.165) is 18.5 Å². The molecule has 0 amide bonds. The first-order valence-corrected chi connectivity index (χ1v) is 5.14. The number of pyridine rings is 1. The predicted molar refractivity (Wildman–Crippen MR) is 57.1 cm³/mol. The monoisotopic (exact) mass is 218 g/mol. The molecule has 16 heavy (non-hydrogen) atoms. The third kappa shape index (κ3) is 1.21. The molecule has 1 aliphatic carbocycles. The maximum Gasteiger partial charge on any atom is 0.141 e. The summed E-state index contributed by atoms with van der Waals surface area (Å²) in [5.41, 5.74) is 6.41. The highest BCUT2D eigenvalue weighted by Gasteiger charge is 2.49. The molecule has 0 atom stereocenters. The van der Waals surface area contributed by atoms with Gasteiger partial charge in [-0.2, -0.15) is 5.10 Å². The number of rotatable bonds is 2. The Balaban J connectivity index is 2.06. The number of hydrogen-bond donors (Lipinski definition) is 1. The van der Waals surface area contributed by atoms with Gasteiger partial charge in [-0.25, -0.2) is 9.07 Å². The number of nitrogens with zero attached hydrogens (tertiary/aromatic N) is 3. The van der Waals surface area contributed by atoms with E-state index in [1.807, 2.05) is 0 Å². The van der Waals surface area contributed by atoms with Crippen molar-refractivity contribution in [3.63, 3.8) is 0 Å². The lowest BCUT2D eigenvalue weighted by atomic mass is 10.1. The van der Waals surface area contributed by atoms with Gasteiger partial charge in [-0.1, -0.05) is 0 Å². The fourth-order valence-electron chi connectivity index (χ4n) is 2.02. The van der Waals surface area contributed by atoms with Crippen LogP contribution < -0.4 is 5.73 Å². The van der Waals surface area contributed by atoms with Gasteiger partial charge in [0.05, 0.1) is 18.1 Å². The van der Waals surface area contributed by atoms with Gasteiger partial charge in [-0.05, 0) is 31.0 Å². The molecule has 5 heteroatoms. The van der Waals surface area contributed by atoms with Crippen LogP contribution >= 0.6 is 0 Å². The van der Waals surface area contributed by atoms with Gasteiger partial charge in [-0.3, -0.25) is 4.98 Å². The Kier molecular flexibility index (Phi) is 1.77. The predicted octanol–water partition coefficient (Wildman–Crippen LogP) is 1.54. The molecule has 2 N–H and O–H groups in total. The summed E-state index contributed by atoms with van der Waals surface area (Å²) in [6.07, 6.45) is 4.78. The normalized spacial score (nSPS) is 17.3. The molecule has 0 aliphatic heterocycles. The molecule has 82 valence electrons. The summed E-state index contributed by atoms with van der Waals surface area (Å²) in [5, 5.41) is 4.21. The molecule has 4 nitrogen and oxygen atoms in total. The first-order valence-electron chi connectivity index (χ1n) is 5.14. The Labute approximate surface area is 91.9 Å². The summed E-state index contributed by atoms with van der Waals surface area (Å²) < 4.78 is 14.6. The third-order valence-electron chi connectivity index (χ3n) is 3.01. The molecule has 0 unspecified atom stereocenters. The van der Waals surface area contributed by atoms with Gasteiger partial charge in [0.2, 0.25) is 0 Å². The van der Waals surface area contributed by atoms with Gasteiger partial charge in [0.25, 0.3) is 0 Å². The molecule has 0 bridgehead atoms. The van der Waals surface area contributed by atoms with Crippen molar-refractivity contribution < 1.29 is 4.39 Å². The zero-order valence-electron chi connectivity index (χ0n) is 8.60. The van der Waals surface area contributed by atoms with Crippen LogP contribution in [0.2, 0.25) is 0 Å². The molecule has 3 rings (SSSR count). The van der Waals surface area contributed by atoms with Crippen LogP contribution in [-0.2, 0) is 5.54 Å². The van der Waals surface area contributed by atoms with Crippen molar-refractivity contribution in [2.24, 2.45) is 0 Å². The molecule has 0 radical (unpaired) electrons. The molecule has 0 aromatic carbocycles. The minimum Gasteiger partial charge on any atom is -0.384 e. The molecule has 1 saturated carbocycles. The van der Waals surface area contributed by atoms with Crippen molar-refractivity contribution in [2.45, 2.75) is 18.4 Å². The zero-order chi connectivity index (χ0) is 11.2. The van der Waals surface area contributed by atoms with Gasteiger partial charge in [-0.15, -0.1) is 0 Å². The van der Waals surface area contributed by atoms with E-state index in [-0.39, 0.29) is 11.4 Å². The largest absolute Gasteiger partial charge is 0.384 e. The SMILES string of the molecule is Nc1ccnn1C1(c2ccc(F)cn2)CC1. The average Bonchev–Trinajstić information content (AvgIpc) is 2.97. The van der Waals surface area contributed by atoms with E-state index in [2.05, 4.69) is 10.1 Å². The van der Waals surface area contributed by atoms with Gasteiger partial charge < -0.3 is 5.73 Å². The summed E-state index contributed by atoms with van der Waals surface area (Å²) in [7, 11) is 0. The van der Waals surface area contributed by atoms with Gasteiger partial charge in [0.15, 0.2) is 0 Å². The second-order valence-electron chi connectivity index (χ2n) is 4.06. The number of nitrogens with two attached hydrogens (primary N) is 1. The van der Waals surface area contributed by atoms with E-state index in [9.17, 15) is 4.39 Å². The van der Waals surface area contributed by atoms with E-state index in [4.69, 9.17) is 5.73 Å². The fraction of sp³-hybridized carbons (Fsp3) is 0.273. The Morgan fingerprint density at radius 3 is 2.62 bits per heavy atom. The van der Waals surface area contributed by atoms with Crippen LogP contribution in [-0.4, -0.2) is 14.8 Å². The standard InChI is InChI=1S/C11H11FN4/c12-8-1-2-9(14-7-8)11(4-5-11)16-10(13)3-6-15-16/h1-3,6-7H,4-5,13H2. The second-order valence-corrected chi connectivity index (χ2v) is 4.06. The van der Waals surface area contributed by atoms with E-state index < -0.39 is 0 Å². The summed E-state index contributed by atoms with van der Waals surface area (Å²) in [5.74, 6) is 0.289. The molecular formula is C11H11FN4. The summed E-state index contributed by atoms with van der Waals surface area (Å²) >= 11 is 0. The molecule has 1 aliphatic rings. The summed E-state index contributed by atoms with van der Waals surface area (Å²) in [6.45, 7) is 0. The maximum atomic E-state index is 12.8. The van der Waals surface area contributed by atoms with Crippen molar-refractivity contribution in [3.05, 3.63) is 42.1 Å². The molecule has 2 aromatic rings. The second kappa shape index (κ2) is 3.04. The summed E-state index contributed by atoms with van der Waals surface area (Å²) in [6, 6.07) is 4.87. The maximum absolute atomic E-state index is 12.8. The summed E-state index contributed by atoms with van der Waals surface area (Å²) in [4.78, 5) is 4.12. The van der Waals surface area contributed by atoms with Crippen LogP contribution in [0.15, 0.2) is 30.6 Å². The number of anilines is 1. The number of nitrogen functional groups attached to an aromatic ring is 1. The van der Waals surface area contributed by atoms with Crippen LogP contribution in [0.4, 0.5) is 10.2 Å². The first-order chi connectivity index (χ1) is 7.72. The van der Waals surface area contributed by atoms with Crippen LogP contribution in [0, 0.1) is 5.82 Å². The lowest BCUT2D eigenvalue weighted by Crippen LogP contribution is -2.23. The Morgan fingerprint density at radius 2 is 2.12 bits per heavy atom. The van der Waals surface area contributed by atoms with E-state index in [1.54, 1.807) is 23.0 Å². The minimum atomic E-state index is -0.326. The Morgan fingerprint density at radius 1 is 1.31 bits per heavy atom.